The fourth-order valence-electron chi connectivity index (χ4n) is 1.50. The maximum Gasteiger partial charge on any atom is 0.313 e. The van der Waals surface area contributed by atoms with E-state index in [0.29, 0.717) is 5.16 Å². The Kier molecular flexibility index (Phi) is 6.14. The number of aliphatic carboxylic acids is 1. The van der Waals surface area contributed by atoms with E-state index in [1.165, 1.54) is 11.8 Å². The van der Waals surface area contributed by atoms with E-state index in [4.69, 9.17) is 9.84 Å². The van der Waals surface area contributed by atoms with Gasteiger partial charge in [0.25, 0.3) is 0 Å². The summed E-state index contributed by atoms with van der Waals surface area (Å²) >= 11 is 1.20. The van der Waals surface area contributed by atoms with Gasteiger partial charge in [-0.1, -0.05) is 11.8 Å². The van der Waals surface area contributed by atoms with Gasteiger partial charge >= 0.3 is 5.97 Å². The molecule has 0 aromatic carbocycles. The van der Waals surface area contributed by atoms with E-state index in [1.807, 2.05) is 18.4 Å². The van der Waals surface area contributed by atoms with Crippen LogP contribution in [0.2, 0.25) is 0 Å². The quantitative estimate of drug-likeness (QED) is 0.722. The van der Waals surface area contributed by atoms with Crippen molar-refractivity contribution >= 4 is 17.7 Å². The van der Waals surface area contributed by atoms with Gasteiger partial charge in [0, 0.05) is 20.1 Å². The average molecular weight is 273 g/mol. The minimum atomic E-state index is -0.847. The molecular formula is C11H19N3O3S. The van der Waals surface area contributed by atoms with Crippen LogP contribution in [0.1, 0.15) is 26.1 Å². The summed E-state index contributed by atoms with van der Waals surface area (Å²) in [6.07, 6.45) is 1.84. The number of carbonyl (C=O) groups is 1. The molecule has 1 unspecified atom stereocenters. The smallest absolute Gasteiger partial charge is 0.313 e. The summed E-state index contributed by atoms with van der Waals surface area (Å²) in [6, 6.07) is 0. The van der Waals surface area contributed by atoms with Crippen LogP contribution in [-0.2, 0) is 22.5 Å². The van der Waals surface area contributed by atoms with Crippen LogP contribution in [0.5, 0.6) is 0 Å². The van der Waals surface area contributed by atoms with Crippen molar-refractivity contribution in [2.75, 3.05) is 12.9 Å². The van der Waals surface area contributed by atoms with E-state index < -0.39 is 5.97 Å². The molecule has 0 bridgehead atoms. The number of hydrogen-bond acceptors (Lipinski definition) is 5. The van der Waals surface area contributed by atoms with E-state index >= 15 is 0 Å². The first-order valence-electron chi connectivity index (χ1n) is 5.87. The fraction of sp³-hybridized carbons (Fsp3) is 0.727. The highest BCUT2D eigenvalue weighted by Gasteiger charge is 2.13. The van der Waals surface area contributed by atoms with Gasteiger partial charge in [0.1, 0.15) is 5.82 Å². The van der Waals surface area contributed by atoms with Crippen LogP contribution in [0.4, 0.5) is 0 Å². The third-order valence-electron chi connectivity index (χ3n) is 2.61. The van der Waals surface area contributed by atoms with E-state index in [9.17, 15) is 4.79 Å². The molecule has 1 aromatic heterocycles. The Morgan fingerprint density at radius 1 is 1.56 bits per heavy atom. The lowest BCUT2D eigenvalue weighted by Crippen LogP contribution is -2.10. The molecule has 102 valence electrons. The summed E-state index contributed by atoms with van der Waals surface area (Å²) < 4.78 is 7.15. The molecule has 0 saturated heterocycles. The molecule has 0 amide bonds. The molecule has 0 radical (unpaired) electrons. The Morgan fingerprint density at radius 2 is 2.28 bits per heavy atom. The highest BCUT2D eigenvalue weighted by Crippen LogP contribution is 2.17. The number of rotatable bonds is 8. The second-order valence-electron chi connectivity index (χ2n) is 3.91. The first-order chi connectivity index (χ1) is 8.58. The number of carboxylic acids is 1. The number of aromatic nitrogens is 3. The zero-order valence-corrected chi connectivity index (χ0v) is 11.7. The minimum absolute atomic E-state index is 0.00655. The maximum absolute atomic E-state index is 10.5. The summed E-state index contributed by atoms with van der Waals surface area (Å²) in [5.41, 5.74) is 0. The minimum Gasteiger partial charge on any atom is -0.481 e. The standard InChI is InChI=1S/C11H19N3O3S/c1-4-14-9(6-5-8(2)17-3)12-13-11(14)18-7-10(15)16/h8H,4-7H2,1-3H3,(H,15,16). The van der Waals surface area contributed by atoms with Crippen LogP contribution in [0.15, 0.2) is 5.16 Å². The first kappa shape index (κ1) is 15.0. The molecule has 1 atom stereocenters. The third kappa shape index (κ3) is 4.30. The monoisotopic (exact) mass is 273 g/mol. The van der Waals surface area contributed by atoms with Crippen LogP contribution < -0.4 is 0 Å². The van der Waals surface area contributed by atoms with Crippen LogP contribution in [0.25, 0.3) is 0 Å². The number of nitrogens with zero attached hydrogens (tertiary/aromatic N) is 3. The normalized spacial score (nSPS) is 12.6. The van der Waals surface area contributed by atoms with Crippen LogP contribution >= 0.6 is 11.8 Å². The van der Waals surface area contributed by atoms with Gasteiger partial charge in [0.15, 0.2) is 5.16 Å². The summed E-state index contributed by atoms with van der Waals surface area (Å²) in [6.45, 7) is 4.75. The Hall–Kier alpha value is -1.08. The Balaban J connectivity index is 2.65. The van der Waals surface area contributed by atoms with Gasteiger partial charge in [-0.25, -0.2) is 0 Å². The zero-order chi connectivity index (χ0) is 13.5. The first-order valence-corrected chi connectivity index (χ1v) is 6.86. The lowest BCUT2D eigenvalue weighted by Gasteiger charge is -2.10. The molecule has 0 aliphatic rings. The molecule has 1 aromatic rings. The molecule has 0 aliphatic heterocycles. The molecule has 1 rings (SSSR count). The van der Waals surface area contributed by atoms with E-state index in [-0.39, 0.29) is 11.9 Å². The van der Waals surface area contributed by atoms with Crippen molar-refractivity contribution in [1.82, 2.24) is 14.8 Å². The molecule has 0 aliphatic carbocycles. The van der Waals surface area contributed by atoms with E-state index in [0.717, 1.165) is 25.2 Å². The van der Waals surface area contributed by atoms with Crippen molar-refractivity contribution < 1.29 is 14.6 Å². The molecule has 6 nitrogen and oxygen atoms in total. The largest absolute Gasteiger partial charge is 0.481 e. The van der Waals surface area contributed by atoms with Crippen molar-refractivity contribution in [3.8, 4) is 0 Å². The highest BCUT2D eigenvalue weighted by atomic mass is 32.2. The van der Waals surface area contributed by atoms with Gasteiger partial charge in [-0.3, -0.25) is 4.79 Å². The third-order valence-corrected chi connectivity index (χ3v) is 3.56. The van der Waals surface area contributed by atoms with Crippen molar-refractivity contribution in [2.45, 2.75) is 44.5 Å². The van der Waals surface area contributed by atoms with Crippen molar-refractivity contribution in [1.29, 1.82) is 0 Å². The van der Waals surface area contributed by atoms with Crippen LogP contribution in [0.3, 0.4) is 0 Å². The molecule has 0 fully saturated rings. The van der Waals surface area contributed by atoms with Crippen molar-refractivity contribution in [3.05, 3.63) is 5.82 Å². The number of aryl methyl sites for hydroxylation is 1. The molecule has 0 spiro atoms. The van der Waals surface area contributed by atoms with Crippen molar-refractivity contribution in [2.24, 2.45) is 0 Å². The van der Waals surface area contributed by atoms with Gasteiger partial charge in [-0.2, -0.15) is 0 Å². The molecule has 7 heteroatoms. The second-order valence-corrected chi connectivity index (χ2v) is 4.85. The number of thioether (sulfide) groups is 1. The Morgan fingerprint density at radius 3 is 2.83 bits per heavy atom. The van der Waals surface area contributed by atoms with Crippen LogP contribution in [0, 0.1) is 0 Å². The number of ether oxygens (including phenoxy) is 1. The summed E-state index contributed by atoms with van der Waals surface area (Å²) in [5, 5.41) is 17.5. The summed E-state index contributed by atoms with van der Waals surface area (Å²) in [7, 11) is 1.68. The zero-order valence-electron chi connectivity index (χ0n) is 10.9. The Labute approximate surface area is 111 Å². The topological polar surface area (TPSA) is 77.2 Å². The molecule has 1 heterocycles. The van der Waals surface area contributed by atoms with Crippen molar-refractivity contribution in [3.63, 3.8) is 0 Å². The van der Waals surface area contributed by atoms with Gasteiger partial charge in [-0.15, -0.1) is 10.2 Å². The molecular weight excluding hydrogens is 254 g/mol. The molecule has 1 N–H and O–H groups in total. The number of carboxylic acid groups (broad SMARTS) is 1. The predicted molar refractivity (Wildman–Crippen MR) is 68.8 cm³/mol. The lowest BCUT2D eigenvalue weighted by molar-refractivity contribution is -0.133. The fourth-order valence-corrected chi connectivity index (χ4v) is 2.25. The highest BCUT2D eigenvalue weighted by molar-refractivity contribution is 7.99. The van der Waals surface area contributed by atoms with Gasteiger partial charge in [-0.05, 0) is 20.3 Å². The predicted octanol–water partition coefficient (Wildman–Crippen LogP) is 1.44. The number of hydrogen-bond donors (Lipinski definition) is 1. The number of methoxy groups -OCH3 is 1. The van der Waals surface area contributed by atoms with Gasteiger partial charge in [0.05, 0.1) is 11.9 Å². The van der Waals surface area contributed by atoms with Gasteiger partial charge in [0.2, 0.25) is 0 Å². The maximum atomic E-state index is 10.5. The van der Waals surface area contributed by atoms with E-state index in [1.54, 1.807) is 7.11 Å². The lowest BCUT2D eigenvalue weighted by atomic mass is 10.2. The van der Waals surface area contributed by atoms with E-state index in [2.05, 4.69) is 10.2 Å². The Bertz CT molecular complexity index is 395. The molecule has 0 saturated carbocycles. The summed E-state index contributed by atoms with van der Waals surface area (Å²) in [5.74, 6) is 0.0431. The van der Waals surface area contributed by atoms with Gasteiger partial charge < -0.3 is 14.4 Å². The second kappa shape index (κ2) is 7.38. The average Bonchev–Trinajstić information content (AvgIpc) is 2.75. The molecule has 18 heavy (non-hydrogen) atoms. The SMILES string of the molecule is CCn1c(CCC(C)OC)nnc1SCC(=O)O. The van der Waals surface area contributed by atoms with Crippen LogP contribution in [-0.4, -0.2) is 44.8 Å². The summed E-state index contributed by atoms with van der Waals surface area (Å²) in [4.78, 5) is 10.5.